The fourth-order valence-corrected chi connectivity index (χ4v) is 4.27. The number of likely N-dealkylation sites (tertiary alicyclic amines) is 1. The Morgan fingerprint density at radius 2 is 1.61 bits per heavy atom. The van der Waals surface area contributed by atoms with Crippen molar-refractivity contribution in [3.05, 3.63) is 66.2 Å². The molecule has 3 amide bonds. The number of hydrazone groups is 1. The van der Waals surface area contributed by atoms with Gasteiger partial charge in [0.15, 0.2) is 0 Å². The van der Waals surface area contributed by atoms with E-state index < -0.39 is 11.5 Å². The number of carbonyl (C=O) groups is 3. The summed E-state index contributed by atoms with van der Waals surface area (Å²) in [6.45, 7) is 0.747. The van der Waals surface area contributed by atoms with Gasteiger partial charge in [-0.3, -0.25) is 9.59 Å². The maximum atomic E-state index is 13.0. The van der Waals surface area contributed by atoms with E-state index >= 15 is 0 Å². The highest BCUT2D eigenvalue weighted by molar-refractivity contribution is 6.15. The Hall–Kier alpha value is -3.68. The highest BCUT2D eigenvalue weighted by atomic mass is 16.4. The van der Waals surface area contributed by atoms with Gasteiger partial charge >= 0.3 is 6.09 Å². The van der Waals surface area contributed by atoms with Crippen LogP contribution in [0.15, 0.2) is 65.8 Å². The molecule has 2 heterocycles. The number of carbonyl (C=O) groups excluding carboxylic acids is 2. The lowest BCUT2D eigenvalue weighted by Crippen LogP contribution is -2.47. The van der Waals surface area contributed by atoms with Crippen LogP contribution in [0.1, 0.15) is 31.2 Å². The van der Waals surface area contributed by atoms with Crippen molar-refractivity contribution in [1.82, 2.24) is 10.2 Å². The molecule has 2 aliphatic rings. The van der Waals surface area contributed by atoms with Crippen LogP contribution >= 0.6 is 0 Å². The number of hydrogen-bond donors (Lipinski definition) is 2. The van der Waals surface area contributed by atoms with Crippen LogP contribution in [-0.4, -0.2) is 46.8 Å². The van der Waals surface area contributed by atoms with Gasteiger partial charge in [-0.25, -0.2) is 4.79 Å². The monoisotopic (exact) mass is 420 g/mol. The lowest BCUT2D eigenvalue weighted by molar-refractivity contribution is -0.121. The predicted molar refractivity (Wildman–Crippen MR) is 116 cm³/mol. The van der Waals surface area contributed by atoms with E-state index in [1.165, 1.54) is 9.91 Å². The minimum atomic E-state index is -0.939. The highest BCUT2D eigenvalue weighted by Gasteiger charge is 2.39. The van der Waals surface area contributed by atoms with Crippen molar-refractivity contribution in [1.29, 1.82) is 0 Å². The van der Waals surface area contributed by atoms with Crippen LogP contribution in [0.5, 0.6) is 0 Å². The zero-order chi connectivity index (χ0) is 21.8. The van der Waals surface area contributed by atoms with Crippen molar-refractivity contribution >= 4 is 29.4 Å². The average molecular weight is 420 g/mol. The van der Waals surface area contributed by atoms with Crippen LogP contribution in [0.2, 0.25) is 0 Å². The zero-order valence-corrected chi connectivity index (χ0v) is 17.0. The molecule has 0 aliphatic carbocycles. The Bertz CT molecular complexity index is 999. The van der Waals surface area contributed by atoms with Gasteiger partial charge in [0.2, 0.25) is 5.91 Å². The van der Waals surface area contributed by atoms with Gasteiger partial charge < -0.3 is 15.3 Å². The summed E-state index contributed by atoms with van der Waals surface area (Å²) in [5, 5.41) is 17.7. The number of amides is 3. The third-order valence-corrected chi connectivity index (χ3v) is 5.94. The summed E-state index contributed by atoms with van der Waals surface area (Å²) in [6.07, 6.45) is 0.400. The second kappa shape index (κ2) is 8.59. The van der Waals surface area contributed by atoms with Gasteiger partial charge in [-0.15, -0.1) is 0 Å². The van der Waals surface area contributed by atoms with Crippen LogP contribution in [0.25, 0.3) is 0 Å². The van der Waals surface area contributed by atoms with Crippen molar-refractivity contribution in [2.75, 3.05) is 18.1 Å². The molecule has 0 unspecified atom stereocenters. The summed E-state index contributed by atoms with van der Waals surface area (Å²) in [6, 6.07) is 18.8. The molecule has 1 saturated heterocycles. The molecule has 0 radical (unpaired) electrons. The maximum Gasteiger partial charge on any atom is 0.407 e. The number of amidine groups is 1. The number of piperidine rings is 1. The molecule has 0 aromatic heterocycles. The van der Waals surface area contributed by atoms with Crippen molar-refractivity contribution in [3.63, 3.8) is 0 Å². The van der Waals surface area contributed by atoms with Crippen LogP contribution in [-0.2, 0) is 15.0 Å². The largest absolute Gasteiger partial charge is 0.465 e. The Morgan fingerprint density at radius 1 is 1.00 bits per heavy atom. The van der Waals surface area contributed by atoms with Gasteiger partial charge in [-0.2, -0.15) is 10.1 Å². The van der Waals surface area contributed by atoms with E-state index in [-0.39, 0.29) is 24.7 Å². The predicted octanol–water partition coefficient (Wildman–Crippen LogP) is 2.95. The maximum absolute atomic E-state index is 13.0. The van der Waals surface area contributed by atoms with Crippen LogP contribution < -0.4 is 10.3 Å². The third kappa shape index (κ3) is 4.42. The molecule has 0 bridgehead atoms. The SMILES string of the molecule is O=C(CC1(c2ccccc2)CCN(C(=O)O)CC1)NC1=NN(c2ccccc2)C(=O)C1. The Morgan fingerprint density at radius 3 is 2.23 bits per heavy atom. The first-order valence-electron chi connectivity index (χ1n) is 10.3. The third-order valence-electron chi connectivity index (χ3n) is 5.94. The van der Waals surface area contributed by atoms with Crippen LogP contribution in [0.4, 0.5) is 10.5 Å². The van der Waals surface area contributed by atoms with Crippen molar-refractivity contribution < 1.29 is 19.5 Å². The molecule has 2 aromatic rings. The van der Waals surface area contributed by atoms with Crippen molar-refractivity contribution in [2.45, 2.75) is 31.1 Å². The number of benzene rings is 2. The van der Waals surface area contributed by atoms with Gasteiger partial charge in [-0.05, 0) is 30.5 Å². The van der Waals surface area contributed by atoms with Crippen molar-refractivity contribution in [2.24, 2.45) is 5.10 Å². The van der Waals surface area contributed by atoms with Gasteiger partial charge in [0.05, 0.1) is 12.1 Å². The number of carboxylic acid groups (broad SMARTS) is 1. The number of nitrogens with zero attached hydrogens (tertiary/aromatic N) is 3. The summed E-state index contributed by atoms with van der Waals surface area (Å²) in [5.74, 6) is -0.104. The van der Waals surface area contributed by atoms with E-state index in [2.05, 4.69) is 10.4 Å². The molecule has 0 spiro atoms. The quantitative estimate of drug-likeness (QED) is 0.794. The number of rotatable bonds is 4. The summed E-state index contributed by atoms with van der Waals surface area (Å²) in [4.78, 5) is 38.0. The minimum Gasteiger partial charge on any atom is -0.465 e. The molecular formula is C23H24N4O4. The Balaban J connectivity index is 1.49. The molecular weight excluding hydrogens is 396 g/mol. The number of anilines is 1. The topological polar surface area (TPSA) is 102 Å². The zero-order valence-electron chi connectivity index (χ0n) is 17.0. The normalized spacial score (nSPS) is 17.9. The molecule has 1 fully saturated rings. The van der Waals surface area contributed by atoms with E-state index in [4.69, 9.17) is 0 Å². The lowest BCUT2D eigenvalue weighted by Gasteiger charge is -2.41. The molecule has 160 valence electrons. The average Bonchev–Trinajstić information content (AvgIpc) is 3.15. The number of para-hydroxylation sites is 1. The fraction of sp³-hybridized carbons (Fsp3) is 0.304. The van der Waals surface area contributed by atoms with E-state index in [1.807, 2.05) is 48.5 Å². The van der Waals surface area contributed by atoms with Crippen LogP contribution in [0, 0.1) is 0 Å². The Labute approximate surface area is 180 Å². The first kappa shape index (κ1) is 20.6. The van der Waals surface area contributed by atoms with Gasteiger partial charge in [-0.1, -0.05) is 48.5 Å². The lowest BCUT2D eigenvalue weighted by atomic mass is 9.70. The summed E-state index contributed by atoms with van der Waals surface area (Å²) >= 11 is 0. The van der Waals surface area contributed by atoms with E-state index in [1.54, 1.807) is 12.1 Å². The van der Waals surface area contributed by atoms with Gasteiger partial charge in [0.25, 0.3) is 5.91 Å². The molecule has 2 N–H and O–H groups in total. The van der Waals surface area contributed by atoms with Crippen LogP contribution in [0.3, 0.4) is 0 Å². The molecule has 8 nitrogen and oxygen atoms in total. The molecule has 2 aromatic carbocycles. The van der Waals surface area contributed by atoms with Gasteiger partial charge in [0.1, 0.15) is 5.84 Å². The highest BCUT2D eigenvalue weighted by Crippen LogP contribution is 2.38. The molecule has 8 heteroatoms. The summed E-state index contributed by atoms with van der Waals surface area (Å²) in [5.41, 5.74) is 1.21. The second-order valence-corrected chi connectivity index (χ2v) is 7.91. The molecule has 2 aliphatic heterocycles. The molecule has 4 rings (SSSR count). The van der Waals surface area contributed by atoms with Crippen molar-refractivity contribution in [3.8, 4) is 0 Å². The van der Waals surface area contributed by atoms with E-state index in [0.717, 1.165) is 5.56 Å². The Kier molecular flexibility index (Phi) is 5.70. The molecule has 0 atom stereocenters. The standard InChI is InChI=1S/C23H24N4O4/c28-20(24-19-15-21(29)27(25-19)18-9-5-2-6-10-18)16-23(17-7-3-1-4-8-17)11-13-26(14-12-23)22(30)31/h1-10H,11-16H2,(H,30,31)(H,24,25,28). The smallest absolute Gasteiger partial charge is 0.407 e. The minimum absolute atomic E-state index is 0.0335. The van der Waals surface area contributed by atoms with E-state index in [0.29, 0.717) is 37.5 Å². The summed E-state index contributed by atoms with van der Waals surface area (Å²) in [7, 11) is 0. The first-order valence-corrected chi connectivity index (χ1v) is 10.3. The van der Waals surface area contributed by atoms with E-state index in [9.17, 15) is 19.5 Å². The molecule has 31 heavy (non-hydrogen) atoms. The number of nitrogens with one attached hydrogen (secondary N) is 1. The molecule has 0 saturated carbocycles. The fourth-order valence-electron chi connectivity index (χ4n) is 4.27. The second-order valence-electron chi connectivity index (χ2n) is 7.91. The number of hydrogen-bond acceptors (Lipinski definition) is 4. The first-order chi connectivity index (χ1) is 15.0. The summed E-state index contributed by atoms with van der Waals surface area (Å²) < 4.78 is 0. The van der Waals surface area contributed by atoms with Gasteiger partial charge in [0, 0.05) is 24.9 Å².